The molecule has 2 N–H and O–H groups in total. The van der Waals surface area contributed by atoms with Gasteiger partial charge >= 0.3 is 6.18 Å². The molecular formula is C22H23F3N4O3. The standard InChI is InChI=1S/C22H23F3N4O3/c23-22(24,25)15-7-8-18-17(13-15)28-20(21-27-14-16(29(18)21)5-3-10-30)26-9-4-12-32-19-6-1-2-11-31-19/h7-8,13-14,19,30H,1-2,4,6,9-12H2,(H,26,28). The summed E-state index contributed by atoms with van der Waals surface area (Å²) in [7, 11) is 0. The van der Waals surface area contributed by atoms with E-state index in [0.29, 0.717) is 48.9 Å². The number of imidazole rings is 1. The van der Waals surface area contributed by atoms with Crippen LogP contribution < -0.4 is 5.32 Å². The first-order valence-electron chi connectivity index (χ1n) is 10.4. The van der Waals surface area contributed by atoms with Crippen LogP contribution in [0.1, 0.15) is 36.9 Å². The molecule has 4 rings (SSSR count). The third-order valence-electron chi connectivity index (χ3n) is 5.10. The Morgan fingerprint density at radius 2 is 2.19 bits per heavy atom. The molecule has 0 amide bonds. The van der Waals surface area contributed by atoms with Crippen LogP contribution in [0, 0.1) is 11.8 Å². The van der Waals surface area contributed by atoms with Gasteiger partial charge in [0.2, 0.25) is 0 Å². The smallest absolute Gasteiger partial charge is 0.384 e. The van der Waals surface area contributed by atoms with Crippen molar-refractivity contribution in [3.8, 4) is 11.8 Å². The number of aliphatic hydroxyl groups excluding tert-OH is 1. The summed E-state index contributed by atoms with van der Waals surface area (Å²) in [5, 5.41) is 12.2. The van der Waals surface area contributed by atoms with Gasteiger partial charge in [0.05, 0.1) is 29.4 Å². The normalized spacial score (nSPS) is 16.8. The number of ether oxygens (including phenoxy) is 2. The van der Waals surface area contributed by atoms with E-state index in [1.807, 2.05) is 0 Å². The van der Waals surface area contributed by atoms with E-state index in [4.69, 9.17) is 14.6 Å². The minimum Gasteiger partial charge on any atom is -0.384 e. The van der Waals surface area contributed by atoms with Crippen LogP contribution in [-0.4, -0.2) is 52.1 Å². The Balaban J connectivity index is 1.59. The van der Waals surface area contributed by atoms with Crippen LogP contribution in [0.15, 0.2) is 24.4 Å². The largest absolute Gasteiger partial charge is 0.416 e. The second-order valence-electron chi connectivity index (χ2n) is 7.37. The topological polar surface area (TPSA) is 80.9 Å². The highest BCUT2D eigenvalue weighted by molar-refractivity contribution is 5.84. The van der Waals surface area contributed by atoms with E-state index in [1.165, 1.54) is 12.3 Å². The number of rotatable bonds is 6. The van der Waals surface area contributed by atoms with Crippen LogP contribution in [0.2, 0.25) is 0 Å². The lowest BCUT2D eigenvalue weighted by molar-refractivity contribution is -0.162. The fraction of sp³-hybridized carbons (Fsp3) is 0.455. The van der Waals surface area contributed by atoms with Crippen LogP contribution in [0.5, 0.6) is 0 Å². The van der Waals surface area contributed by atoms with Crippen LogP contribution >= 0.6 is 0 Å². The monoisotopic (exact) mass is 448 g/mol. The predicted octanol–water partition coefficient (Wildman–Crippen LogP) is 3.59. The summed E-state index contributed by atoms with van der Waals surface area (Å²) in [5.74, 6) is 5.68. The summed E-state index contributed by atoms with van der Waals surface area (Å²) in [4.78, 5) is 8.75. The van der Waals surface area contributed by atoms with E-state index < -0.39 is 11.7 Å². The number of hydrogen-bond donors (Lipinski definition) is 2. The molecule has 7 nitrogen and oxygen atoms in total. The third-order valence-corrected chi connectivity index (χ3v) is 5.10. The van der Waals surface area contributed by atoms with Crippen LogP contribution in [0.25, 0.3) is 16.7 Å². The summed E-state index contributed by atoms with van der Waals surface area (Å²) >= 11 is 0. The van der Waals surface area contributed by atoms with Gasteiger partial charge in [0.1, 0.15) is 12.3 Å². The fourth-order valence-corrected chi connectivity index (χ4v) is 3.58. The molecule has 2 aromatic heterocycles. The number of aromatic nitrogens is 3. The van der Waals surface area contributed by atoms with Crippen LogP contribution in [0.4, 0.5) is 19.0 Å². The van der Waals surface area contributed by atoms with Gasteiger partial charge in [-0.05, 0) is 49.8 Å². The second kappa shape index (κ2) is 9.73. The molecule has 170 valence electrons. The number of benzene rings is 1. The molecule has 0 spiro atoms. The molecule has 1 unspecified atom stereocenters. The highest BCUT2D eigenvalue weighted by Crippen LogP contribution is 2.32. The molecule has 0 saturated carbocycles. The van der Waals surface area contributed by atoms with Crippen LogP contribution in [0.3, 0.4) is 0 Å². The van der Waals surface area contributed by atoms with E-state index in [1.54, 1.807) is 4.40 Å². The lowest BCUT2D eigenvalue weighted by Crippen LogP contribution is -2.23. The summed E-state index contributed by atoms with van der Waals surface area (Å²) in [6.45, 7) is 1.35. The zero-order valence-electron chi connectivity index (χ0n) is 17.3. The van der Waals surface area contributed by atoms with Crippen molar-refractivity contribution < 1.29 is 27.8 Å². The van der Waals surface area contributed by atoms with Gasteiger partial charge in [0.15, 0.2) is 17.8 Å². The molecule has 1 saturated heterocycles. The minimum absolute atomic E-state index is 0.159. The SMILES string of the molecule is OCC#Cc1cnc2c(NCCCOC3CCCCO3)nc3cc(C(F)(F)F)ccc3n12. The number of halogens is 3. The number of aliphatic hydroxyl groups is 1. The average molecular weight is 448 g/mol. The number of nitrogens with one attached hydrogen (secondary N) is 1. The highest BCUT2D eigenvalue weighted by atomic mass is 19.4. The summed E-state index contributed by atoms with van der Waals surface area (Å²) in [6, 6.07) is 3.36. The zero-order valence-corrected chi connectivity index (χ0v) is 17.3. The van der Waals surface area contributed by atoms with Crippen molar-refractivity contribution in [2.75, 3.05) is 31.7 Å². The molecule has 1 aliphatic heterocycles. The molecule has 32 heavy (non-hydrogen) atoms. The molecule has 1 aliphatic rings. The van der Waals surface area contributed by atoms with Crippen molar-refractivity contribution in [2.45, 2.75) is 38.1 Å². The zero-order chi connectivity index (χ0) is 22.6. The maximum absolute atomic E-state index is 13.2. The third kappa shape index (κ3) is 4.96. The molecule has 1 fully saturated rings. The second-order valence-corrected chi connectivity index (χ2v) is 7.37. The van der Waals surface area contributed by atoms with E-state index in [-0.39, 0.29) is 18.4 Å². The van der Waals surface area contributed by atoms with Crippen molar-refractivity contribution >= 4 is 22.5 Å². The molecule has 10 heteroatoms. The number of fused-ring (bicyclic) bond motifs is 3. The maximum atomic E-state index is 13.2. The maximum Gasteiger partial charge on any atom is 0.416 e. The van der Waals surface area contributed by atoms with Gasteiger partial charge in [0.25, 0.3) is 0 Å². The highest BCUT2D eigenvalue weighted by Gasteiger charge is 2.31. The first-order chi connectivity index (χ1) is 15.5. The molecule has 0 bridgehead atoms. The van der Waals surface area contributed by atoms with Crippen molar-refractivity contribution in [1.82, 2.24) is 14.4 Å². The Morgan fingerprint density at radius 1 is 1.31 bits per heavy atom. The Bertz CT molecular complexity index is 1140. The van der Waals surface area contributed by atoms with Crippen molar-refractivity contribution in [1.29, 1.82) is 0 Å². The molecule has 0 radical (unpaired) electrons. The summed E-state index contributed by atoms with van der Waals surface area (Å²) in [6.07, 6.45) is 0.533. The molecule has 3 heterocycles. The Kier molecular flexibility index (Phi) is 6.79. The van der Waals surface area contributed by atoms with Gasteiger partial charge in [-0.3, -0.25) is 4.40 Å². The molecule has 1 atom stereocenters. The quantitative estimate of drug-likeness (QED) is 0.443. The Hall–Kier alpha value is -2.87. The predicted molar refractivity (Wildman–Crippen MR) is 112 cm³/mol. The minimum atomic E-state index is -4.48. The lowest BCUT2D eigenvalue weighted by Gasteiger charge is -2.22. The average Bonchev–Trinajstić information content (AvgIpc) is 3.21. The number of anilines is 1. The van der Waals surface area contributed by atoms with Gasteiger partial charge in [-0.15, -0.1) is 0 Å². The Morgan fingerprint density at radius 3 is 2.94 bits per heavy atom. The van der Waals surface area contributed by atoms with Gasteiger partial charge in [-0.25, -0.2) is 9.97 Å². The molecule has 3 aromatic rings. The Labute approximate surface area is 182 Å². The van der Waals surface area contributed by atoms with Crippen molar-refractivity contribution in [3.05, 3.63) is 35.7 Å². The van der Waals surface area contributed by atoms with Gasteiger partial charge < -0.3 is 19.9 Å². The van der Waals surface area contributed by atoms with E-state index in [0.717, 1.165) is 31.4 Å². The van der Waals surface area contributed by atoms with Gasteiger partial charge in [0, 0.05) is 13.2 Å². The van der Waals surface area contributed by atoms with Crippen molar-refractivity contribution in [3.63, 3.8) is 0 Å². The lowest BCUT2D eigenvalue weighted by atomic mass is 10.2. The van der Waals surface area contributed by atoms with E-state index in [2.05, 4.69) is 27.1 Å². The van der Waals surface area contributed by atoms with Crippen LogP contribution in [-0.2, 0) is 15.7 Å². The first kappa shape index (κ1) is 22.3. The van der Waals surface area contributed by atoms with E-state index in [9.17, 15) is 13.2 Å². The summed E-state index contributed by atoms with van der Waals surface area (Å²) < 4.78 is 52.5. The molecule has 1 aromatic carbocycles. The number of nitrogens with zero attached hydrogens (tertiary/aromatic N) is 3. The van der Waals surface area contributed by atoms with Gasteiger partial charge in [-0.2, -0.15) is 13.2 Å². The molecule has 0 aliphatic carbocycles. The van der Waals surface area contributed by atoms with Gasteiger partial charge in [-0.1, -0.05) is 5.92 Å². The van der Waals surface area contributed by atoms with Crippen molar-refractivity contribution in [2.24, 2.45) is 0 Å². The molecular weight excluding hydrogens is 425 g/mol. The number of hydrogen-bond acceptors (Lipinski definition) is 6. The van der Waals surface area contributed by atoms with E-state index >= 15 is 0 Å². The first-order valence-corrected chi connectivity index (χ1v) is 10.4. The summed E-state index contributed by atoms with van der Waals surface area (Å²) in [5.41, 5.74) is 0.702. The fourth-order valence-electron chi connectivity index (χ4n) is 3.58. The number of alkyl halides is 3.